The van der Waals surface area contributed by atoms with Crippen molar-refractivity contribution in [2.45, 2.75) is 31.0 Å². The molecule has 4 atom stereocenters. The number of amides is 2. The number of ether oxygens (including phenoxy) is 1. The van der Waals surface area contributed by atoms with Gasteiger partial charge in [0.1, 0.15) is 28.6 Å². The molecule has 2 aromatic carbocycles. The number of carbonyl (C=O) groups excluding carboxylic acids is 4. The van der Waals surface area contributed by atoms with Gasteiger partial charge >= 0.3 is 6.09 Å². The Labute approximate surface area is 252 Å². The Morgan fingerprint density at radius 1 is 1.09 bits per heavy atom. The molecule has 13 heteroatoms. The van der Waals surface area contributed by atoms with Gasteiger partial charge in [0.15, 0.2) is 11.4 Å². The Kier molecular flexibility index (Phi) is 7.64. The molecule has 0 fully saturated rings. The predicted octanol–water partition coefficient (Wildman–Crippen LogP) is 1.48. The van der Waals surface area contributed by atoms with E-state index in [1.54, 1.807) is 69.5 Å². The second kappa shape index (κ2) is 11.0. The van der Waals surface area contributed by atoms with E-state index >= 15 is 0 Å². The molecule has 3 aliphatic rings. The fraction of sp³-hybridized carbons (Fsp3) is 0.355. The van der Waals surface area contributed by atoms with E-state index in [0.717, 1.165) is 0 Å². The van der Waals surface area contributed by atoms with Crippen molar-refractivity contribution in [3.05, 3.63) is 75.8 Å². The van der Waals surface area contributed by atoms with Crippen LogP contribution in [0.2, 0.25) is 0 Å². The number of anilines is 1. The summed E-state index contributed by atoms with van der Waals surface area (Å²) in [6.07, 6.45) is -0.673. The van der Waals surface area contributed by atoms with E-state index in [-0.39, 0.29) is 36.1 Å². The number of nitrogens with zero attached hydrogens (tertiary/aromatic N) is 2. The molecule has 44 heavy (non-hydrogen) atoms. The number of aliphatic hydroxyl groups is 3. The molecular formula is C31H34N4O9. The van der Waals surface area contributed by atoms with Gasteiger partial charge in [-0.3, -0.25) is 19.3 Å². The standard InChI is InChI=1S/C31H34N4O9/c1-34(2)19-12-15(13-33-30(42)44-16-8-6-5-7-9-16)24(36)21-17(19)10-14-11-18-23(35(3)4)26(38)22(29(32)41)28(40)31(18,43)27(39)20(14)25(21)37/h5-9,12,14,18,23,36,38-39,43H,10-11,13H2,1-4H3,(H2,32,41)(H,33,42)/t14-,18-,23-,31-/m1/s1. The third kappa shape index (κ3) is 4.64. The second-order valence-electron chi connectivity index (χ2n) is 11.7. The van der Waals surface area contributed by atoms with E-state index in [1.807, 2.05) is 0 Å². The molecule has 0 radical (unpaired) electrons. The lowest BCUT2D eigenvalue weighted by atomic mass is 9.58. The number of hydrogen-bond donors (Lipinski definition) is 6. The number of phenols is 1. The largest absolute Gasteiger partial charge is 0.510 e. The first-order chi connectivity index (χ1) is 20.7. The summed E-state index contributed by atoms with van der Waals surface area (Å²) in [6, 6.07) is 8.91. The van der Waals surface area contributed by atoms with Gasteiger partial charge in [-0.1, -0.05) is 18.2 Å². The maximum atomic E-state index is 14.1. The molecule has 2 amide bonds. The Morgan fingerprint density at radius 3 is 2.34 bits per heavy atom. The van der Waals surface area contributed by atoms with Crippen LogP contribution in [0.5, 0.6) is 11.5 Å². The molecule has 0 saturated heterocycles. The van der Waals surface area contributed by atoms with Crippen LogP contribution in [0.1, 0.15) is 27.9 Å². The smallest absolute Gasteiger partial charge is 0.412 e. The van der Waals surface area contributed by atoms with Crippen LogP contribution in [-0.2, 0) is 22.6 Å². The first-order valence-electron chi connectivity index (χ1n) is 13.9. The van der Waals surface area contributed by atoms with E-state index < -0.39 is 69.9 Å². The number of hydrogen-bond acceptors (Lipinski definition) is 11. The average molecular weight is 607 g/mol. The number of fused-ring (bicyclic) bond motifs is 3. The van der Waals surface area contributed by atoms with E-state index in [1.165, 1.54) is 4.90 Å². The van der Waals surface area contributed by atoms with Crippen molar-refractivity contribution < 1.29 is 44.3 Å². The van der Waals surface area contributed by atoms with Crippen molar-refractivity contribution in [3.8, 4) is 11.5 Å². The number of carbonyl (C=O) groups is 4. The zero-order valence-electron chi connectivity index (χ0n) is 24.6. The number of para-hydroxylation sites is 1. The van der Waals surface area contributed by atoms with Crippen LogP contribution in [0.3, 0.4) is 0 Å². The highest BCUT2D eigenvalue weighted by molar-refractivity contribution is 6.25. The number of phenolic OH excluding ortho intramolecular Hbond substituents is 1. The van der Waals surface area contributed by atoms with E-state index in [0.29, 0.717) is 17.0 Å². The van der Waals surface area contributed by atoms with Crippen LogP contribution >= 0.6 is 0 Å². The summed E-state index contributed by atoms with van der Waals surface area (Å²) in [5.74, 6) is -6.95. The number of aliphatic hydroxyl groups excluding tert-OH is 2. The summed E-state index contributed by atoms with van der Waals surface area (Å²) in [7, 11) is 6.63. The molecule has 0 saturated carbocycles. The third-order valence-corrected chi connectivity index (χ3v) is 8.64. The number of likely N-dealkylation sites (N-methyl/N-ethyl adjacent to an activating group) is 1. The quantitative estimate of drug-likeness (QED) is 0.260. The molecular weight excluding hydrogens is 572 g/mol. The van der Waals surface area contributed by atoms with Crippen LogP contribution in [0.25, 0.3) is 0 Å². The molecule has 0 aliphatic heterocycles. The molecule has 0 bridgehead atoms. The van der Waals surface area contributed by atoms with Crippen molar-refractivity contribution in [1.29, 1.82) is 0 Å². The highest BCUT2D eigenvalue weighted by atomic mass is 16.6. The van der Waals surface area contributed by atoms with Gasteiger partial charge in [-0.05, 0) is 56.6 Å². The van der Waals surface area contributed by atoms with Gasteiger partial charge in [0.05, 0.1) is 11.6 Å². The number of aromatic hydroxyl groups is 1. The van der Waals surface area contributed by atoms with Crippen molar-refractivity contribution in [3.63, 3.8) is 0 Å². The number of nitrogens with two attached hydrogens (primary N) is 1. The summed E-state index contributed by atoms with van der Waals surface area (Å²) in [5, 5.41) is 48.1. The third-order valence-electron chi connectivity index (χ3n) is 8.64. The van der Waals surface area contributed by atoms with Crippen LogP contribution in [0.15, 0.2) is 59.1 Å². The van der Waals surface area contributed by atoms with Crippen molar-refractivity contribution >= 4 is 29.3 Å². The minimum Gasteiger partial charge on any atom is -0.510 e. The predicted molar refractivity (Wildman–Crippen MR) is 157 cm³/mol. The average Bonchev–Trinajstić information content (AvgIpc) is 2.94. The minimum atomic E-state index is -2.73. The van der Waals surface area contributed by atoms with E-state index in [9.17, 15) is 39.6 Å². The maximum absolute atomic E-state index is 14.1. The topological polar surface area (TPSA) is 203 Å². The first kappa shape index (κ1) is 30.6. The van der Waals surface area contributed by atoms with Crippen molar-refractivity contribution in [2.75, 3.05) is 33.1 Å². The number of benzene rings is 2. The van der Waals surface area contributed by atoms with Gasteiger partial charge in [0.2, 0.25) is 5.78 Å². The Bertz CT molecular complexity index is 1650. The van der Waals surface area contributed by atoms with Gasteiger partial charge < -0.3 is 41.1 Å². The lowest BCUT2D eigenvalue weighted by Crippen LogP contribution is -2.63. The molecule has 7 N–H and O–H groups in total. The molecule has 0 aromatic heterocycles. The molecule has 3 aliphatic carbocycles. The molecule has 13 nitrogen and oxygen atoms in total. The van der Waals surface area contributed by atoms with Gasteiger partial charge in [-0.2, -0.15) is 0 Å². The monoisotopic (exact) mass is 606 g/mol. The highest BCUT2D eigenvalue weighted by Gasteiger charge is 2.63. The van der Waals surface area contributed by atoms with Gasteiger partial charge in [0, 0.05) is 43.4 Å². The molecule has 5 rings (SSSR count). The summed E-state index contributed by atoms with van der Waals surface area (Å²) in [5.41, 5.74) is 2.60. The summed E-state index contributed by atoms with van der Waals surface area (Å²) >= 11 is 0. The number of rotatable bonds is 6. The maximum Gasteiger partial charge on any atom is 0.412 e. The zero-order valence-corrected chi connectivity index (χ0v) is 24.6. The van der Waals surface area contributed by atoms with Gasteiger partial charge in [-0.25, -0.2) is 4.79 Å². The molecule has 0 unspecified atom stereocenters. The first-order valence-corrected chi connectivity index (χ1v) is 13.9. The number of Topliss-reactive ketones (excluding diaryl/α,β-unsaturated/α-hetero) is 2. The number of allylic oxidation sites excluding steroid dienone is 1. The summed E-state index contributed by atoms with van der Waals surface area (Å²) in [4.78, 5) is 55.4. The van der Waals surface area contributed by atoms with E-state index in [2.05, 4.69) is 5.32 Å². The number of ketones is 2. The van der Waals surface area contributed by atoms with Gasteiger partial charge in [0.25, 0.3) is 5.91 Å². The lowest BCUT2D eigenvalue weighted by Gasteiger charge is -2.50. The lowest BCUT2D eigenvalue weighted by molar-refractivity contribution is -0.148. The molecule has 0 spiro atoms. The Morgan fingerprint density at radius 2 is 1.75 bits per heavy atom. The summed E-state index contributed by atoms with van der Waals surface area (Å²) < 4.78 is 5.23. The molecule has 2 aromatic rings. The SMILES string of the molecule is CN(C)c1cc(CNC(=O)Oc2ccccc2)c(O)c2c1C[C@@H]1C[C@@H]3[C@@H](N(C)C)C(O)=C(C(N)=O)C(=O)[C@]3(O)C(O)=C1C2=O. The molecule has 232 valence electrons. The van der Waals surface area contributed by atoms with Crippen LogP contribution < -0.4 is 20.7 Å². The van der Waals surface area contributed by atoms with Gasteiger partial charge in [-0.15, -0.1) is 0 Å². The number of nitrogens with one attached hydrogen (secondary N) is 1. The fourth-order valence-electron chi connectivity index (χ4n) is 6.69. The Hall–Kier alpha value is -4.88. The highest BCUT2D eigenvalue weighted by Crippen LogP contribution is 2.53. The zero-order chi connectivity index (χ0) is 32.2. The summed E-state index contributed by atoms with van der Waals surface area (Å²) in [6.45, 7) is -0.214. The van der Waals surface area contributed by atoms with Crippen LogP contribution in [0, 0.1) is 11.8 Å². The van der Waals surface area contributed by atoms with Crippen molar-refractivity contribution in [2.24, 2.45) is 17.6 Å². The van der Waals surface area contributed by atoms with Crippen LogP contribution in [0.4, 0.5) is 10.5 Å². The second-order valence-corrected chi connectivity index (χ2v) is 11.7. The fourth-order valence-corrected chi connectivity index (χ4v) is 6.69. The van der Waals surface area contributed by atoms with Crippen molar-refractivity contribution in [1.82, 2.24) is 10.2 Å². The Balaban J connectivity index is 1.58. The minimum absolute atomic E-state index is 0.0198. The normalized spacial score (nSPS) is 24.5. The van der Waals surface area contributed by atoms with Crippen LogP contribution in [-0.4, -0.2) is 88.7 Å². The molecule has 0 heterocycles. The van der Waals surface area contributed by atoms with E-state index in [4.69, 9.17) is 10.5 Å². The number of primary amides is 1.